The summed E-state index contributed by atoms with van der Waals surface area (Å²) in [6.07, 6.45) is 0.0228. The van der Waals surface area contributed by atoms with Gasteiger partial charge in [0.2, 0.25) is 0 Å². The Kier molecular flexibility index (Phi) is 4.08. The molecule has 0 amide bonds. The number of nitrogens with one attached hydrogen (secondary N) is 1. The molecule has 0 spiro atoms. The molecule has 1 aromatic carbocycles. The molecule has 0 aliphatic rings. The van der Waals surface area contributed by atoms with Crippen LogP contribution in [0.3, 0.4) is 0 Å². The molecule has 1 rings (SSSR count). The van der Waals surface area contributed by atoms with Crippen molar-refractivity contribution in [1.82, 2.24) is 0 Å². The summed E-state index contributed by atoms with van der Waals surface area (Å²) in [6.45, 7) is 1.76. The Bertz CT molecular complexity index is 370. The molecular formula is C10H11BrFNO2. The van der Waals surface area contributed by atoms with Crippen LogP contribution in [0.1, 0.15) is 13.3 Å². The van der Waals surface area contributed by atoms with Crippen LogP contribution in [0.15, 0.2) is 22.7 Å². The van der Waals surface area contributed by atoms with Gasteiger partial charge >= 0.3 is 5.97 Å². The van der Waals surface area contributed by atoms with Crippen molar-refractivity contribution in [3.8, 4) is 0 Å². The highest BCUT2D eigenvalue weighted by atomic mass is 79.9. The molecule has 1 atom stereocenters. The fraction of sp³-hybridized carbons (Fsp3) is 0.300. The highest BCUT2D eigenvalue weighted by Crippen LogP contribution is 2.20. The first-order chi connectivity index (χ1) is 6.99. The van der Waals surface area contributed by atoms with Gasteiger partial charge in [0, 0.05) is 11.7 Å². The maximum Gasteiger partial charge on any atom is 0.305 e. The zero-order valence-electron chi connectivity index (χ0n) is 8.13. The van der Waals surface area contributed by atoms with Gasteiger partial charge in [-0.05, 0) is 41.1 Å². The SMILES string of the molecule is CC(CC(=O)O)Nc1ccc(F)c(Br)c1. The second kappa shape index (κ2) is 5.11. The molecule has 0 aromatic heterocycles. The average molecular weight is 276 g/mol. The summed E-state index contributed by atoms with van der Waals surface area (Å²) >= 11 is 3.06. The summed E-state index contributed by atoms with van der Waals surface area (Å²) in [4.78, 5) is 10.4. The molecule has 0 aliphatic heterocycles. The number of rotatable bonds is 4. The Hall–Kier alpha value is -1.10. The quantitative estimate of drug-likeness (QED) is 0.889. The highest BCUT2D eigenvalue weighted by Gasteiger charge is 2.08. The Morgan fingerprint density at radius 1 is 1.67 bits per heavy atom. The number of aliphatic carboxylic acids is 1. The van der Waals surface area contributed by atoms with Gasteiger partial charge in [-0.2, -0.15) is 0 Å². The van der Waals surface area contributed by atoms with Crippen LogP contribution in [-0.4, -0.2) is 17.1 Å². The van der Waals surface area contributed by atoms with Gasteiger partial charge in [0.25, 0.3) is 0 Å². The Labute approximate surface area is 95.4 Å². The predicted molar refractivity (Wildman–Crippen MR) is 59.4 cm³/mol. The van der Waals surface area contributed by atoms with Gasteiger partial charge in [-0.1, -0.05) is 0 Å². The van der Waals surface area contributed by atoms with Crippen molar-refractivity contribution in [2.75, 3.05) is 5.32 Å². The number of anilines is 1. The van der Waals surface area contributed by atoms with Crippen molar-refractivity contribution in [1.29, 1.82) is 0 Å². The van der Waals surface area contributed by atoms with E-state index in [1.165, 1.54) is 6.07 Å². The van der Waals surface area contributed by atoms with E-state index in [-0.39, 0.29) is 18.3 Å². The maximum absolute atomic E-state index is 12.9. The summed E-state index contributed by atoms with van der Waals surface area (Å²) in [7, 11) is 0. The maximum atomic E-state index is 12.9. The molecule has 0 heterocycles. The number of carboxylic acids is 1. The number of halogens is 2. The van der Waals surface area contributed by atoms with E-state index >= 15 is 0 Å². The zero-order chi connectivity index (χ0) is 11.4. The molecule has 1 unspecified atom stereocenters. The Morgan fingerprint density at radius 3 is 2.87 bits per heavy atom. The normalized spacial score (nSPS) is 12.2. The molecule has 82 valence electrons. The predicted octanol–water partition coefficient (Wildman–Crippen LogP) is 2.86. The molecule has 0 radical (unpaired) electrons. The van der Waals surface area contributed by atoms with Gasteiger partial charge < -0.3 is 10.4 Å². The first-order valence-corrected chi connectivity index (χ1v) is 5.21. The van der Waals surface area contributed by atoms with E-state index in [1.807, 2.05) is 0 Å². The van der Waals surface area contributed by atoms with Crippen LogP contribution in [0, 0.1) is 5.82 Å². The molecule has 0 saturated heterocycles. The minimum absolute atomic E-state index is 0.0228. The van der Waals surface area contributed by atoms with E-state index in [1.54, 1.807) is 19.1 Å². The van der Waals surface area contributed by atoms with Crippen LogP contribution < -0.4 is 5.32 Å². The fourth-order valence-electron chi connectivity index (χ4n) is 1.18. The lowest BCUT2D eigenvalue weighted by molar-refractivity contribution is -0.137. The summed E-state index contributed by atoms with van der Waals surface area (Å²) in [5.74, 6) is -1.21. The van der Waals surface area contributed by atoms with E-state index in [9.17, 15) is 9.18 Å². The third-order valence-corrected chi connectivity index (χ3v) is 2.42. The third kappa shape index (κ3) is 3.87. The van der Waals surface area contributed by atoms with E-state index in [0.717, 1.165) is 0 Å². The fourth-order valence-corrected chi connectivity index (χ4v) is 1.56. The van der Waals surface area contributed by atoms with Gasteiger partial charge in [-0.15, -0.1) is 0 Å². The lowest BCUT2D eigenvalue weighted by atomic mass is 10.2. The molecule has 0 aliphatic carbocycles. The lowest BCUT2D eigenvalue weighted by Gasteiger charge is -2.13. The van der Waals surface area contributed by atoms with E-state index in [4.69, 9.17) is 5.11 Å². The number of carboxylic acid groups (broad SMARTS) is 1. The molecule has 0 fully saturated rings. The largest absolute Gasteiger partial charge is 0.481 e. The van der Waals surface area contributed by atoms with Gasteiger partial charge in [-0.25, -0.2) is 4.39 Å². The second-order valence-corrected chi connectivity index (χ2v) is 4.13. The molecule has 5 heteroatoms. The molecule has 15 heavy (non-hydrogen) atoms. The van der Waals surface area contributed by atoms with Crippen LogP contribution >= 0.6 is 15.9 Å². The standard InChI is InChI=1S/C10H11BrFNO2/c1-6(4-10(14)15)13-7-2-3-9(12)8(11)5-7/h2-3,5-6,13H,4H2,1H3,(H,14,15). The van der Waals surface area contributed by atoms with Crippen molar-refractivity contribution in [3.63, 3.8) is 0 Å². The summed E-state index contributed by atoms with van der Waals surface area (Å²) in [5.41, 5.74) is 0.692. The highest BCUT2D eigenvalue weighted by molar-refractivity contribution is 9.10. The van der Waals surface area contributed by atoms with Gasteiger partial charge in [0.1, 0.15) is 5.82 Å². The van der Waals surface area contributed by atoms with Crippen LogP contribution in [0.5, 0.6) is 0 Å². The molecule has 0 bridgehead atoms. The van der Waals surface area contributed by atoms with Crippen LogP contribution in [0.4, 0.5) is 10.1 Å². The monoisotopic (exact) mass is 275 g/mol. The van der Waals surface area contributed by atoms with E-state index in [0.29, 0.717) is 10.2 Å². The molecular weight excluding hydrogens is 265 g/mol. The van der Waals surface area contributed by atoms with E-state index in [2.05, 4.69) is 21.2 Å². The first-order valence-electron chi connectivity index (χ1n) is 4.42. The second-order valence-electron chi connectivity index (χ2n) is 3.27. The van der Waals surface area contributed by atoms with Crippen LogP contribution in [0.25, 0.3) is 0 Å². The number of benzene rings is 1. The van der Waals surface area contributed by atoms with Gasteiger partial charge in [0.05, 0.1) is 10.9 Å². The minimum atomic E-state index is -0.865. The molecule has 1 aromatic rings. The van der Waals surface area contributed by atoms with Crippen molar-refractivity contribution >= 4 is 27.6 Å². The summed E-state index contributed by atoms with van der Waals surface area (Å²) < 4.78 is 13.2. The van der Waals surface area contributed by atoms with Crippen molar-refractivity contribution in [3.05, 3.63) is 28.5 Å². The topological polar surface area (TPSA) is 49.3 Å². The Morgan fingerprint density at radius 2 is 2.33 bits per heavy atom. The van der Waals surface area contributed by atoms with Gasteiger partial charge in [-0.3, -0.25) is 4.79 Å². The molecule has 2 N–H and O–H groups in total. The van der Waals surface area contributed by atoms with Crippen LogP contribution in [-0.2, 0) is 4.79 Å². The number of hydrogen-bond acceptors (Lipinski definition) is 2. The van der Waals surface area contributed by atoms with Crippen molar-refractivity contribution in [2.45, 2.75) is 19.4 Å². The minimum Gasteiger partial charge on any atom is -0.481 e. The Balaban J connectivity index is 2.64. The smallest absolute Gasteiger partial charge is 0.305 e. The third-order valence-electron chi connectivity index (χ3n) is 1.81. The van der Waals surface area contributed by atoms with Gasteiger partial charge in [0.15, 0.2) is 0 Å². The van der Waals surface area contributed by atoms with Crippen molar-refractivity contribution < 1.29 is 14.3 Å². The number of hydrogen-bond donors (Lipinski definition) is 2. The average Bonchev–Trinajstić information content (AvgIpc) is 2.10. The zero-order valence-corrected chi connectivity index (χ0v) is 9.71. The number of carbonyl (C=O) groups is 1. The lowest BCUT2D eigenvalue weighted by Crippen LogP contribution is -2.19. The van der Waals surface area contributed by atoms with Crippen LogP contribution in [0.2, 0.25) is 0 Å². The molecule has 3 nitrogen and oxygen atoms in total. The van der Waals surface area contributed by atoms with E-state index < -0.39 is 5.97 Å². The van der Waals surface area contributed by atoms with Crippen molar-refractivity contribution in [2.24, 2.45) is 0 Å². The molecule has 0 saturated carbocycles. The first kappa shape index (κ1) is 12.0. The summed E-state index contributed by atoms with van der Waals surface area (Å²) in [5, 5.41) is 11.5. The summed E-state index contributed by atoms with van der Waals surface area (Å²) in [6, 6.07) is 4.27.